The Morgan fingerprint density at radius 2 is 2.10 bits per heavy atom. The third-order valence-electron chi connectivity index (χ3n) is 5.95. The molecule has 0 saturated carbocycles. The Morgan fingerprint density at radius 3 is 2.83 bits per heavy atom. The first-order chi connectivity index (χ1) is 14.0. The first-order valence-corrected chi connectivity index (χ1v) is 10.8. The van der Waals surface area contributed by atoms with Gasteiger partial charge in [-0.05, 0) is 49.9 Å². The second kappa shape index (κ2) is 10.9. The van der Waals surface area contributed by atoms with E-state index in [1.54, 1.807) is 0 Å². The van der Waals surface area contributed by atoms with E-state index in [1.165, 1.54) is 0 Å². The molecular weight excluding hydrogens is 368 g/mol. The molecule has 2 aliphatic rings. The zero-order valence-corrected chi connectivity index (χ0v) is 17.9. The predicted octanol–water partition coefficient (Wildman–Crippen LogP) is 1.68. The molecular formula is C22H36N4O3. The number of carbonyl (C=O) groups is 1. The molecule has 2 unspecified atom stereocenters. The van der Waals surface area contributed by atoms with Crippen molar-refractivity contribution in [1.29, 1.82) is 0 Å². The Bertz CT molecular complexity index is 649. The van der Waals surface area contributed by atoms with Gasteiger partial charge in [-0.1, -0.05) is 26.0 Å². The second-order valence-corrected chi connectivity index (χ2v) is 8.47. The van der Waals surface area contributed by atoms with Gasteiger partial charge in [0.25, 0.3) is 0 Å². The molecule has 1 aromatic carbocycles. The molecule has 1 amide bonds. The van der Waals surface area contributed by atoms with E-state index in [-0.39, 0.29) is 11.9 Å². The number of hydrazine groups is 1. The van der Waals surface area contributed by atoms with Crippen LogP contribution >= 0.6 is 0 Å². The molecule has 0 spiro atoms. The molecule has 7 heteroatoms. The van der Waals surface area contributed by atoms with Gasteiger partial charge in [0.2, 0.25) is 5.91 Å². The maximum Gasteiger partial charge on any atom is 0.238 e. The Labute approximate surface area is 174 Å². The predicted molar refractivity (Wildman–Crippen MR) is 114 cm³/mol. The number of hydrogen-bond donors (Lipinski definition) is 3. The van der Waals surface area contributed by atoms with Gasteiger partial charge < -0.3 is 14.8 Å². The van der Waals surface area contributed by atoms with Gasteiger partial charge in [-0.25, -0.2) is 5.43 Å². The summed E-state index contributed by atoms with van der Waals surface area (Å²) < 4.78 is 11.4. The maximum atomic E-state index is 12.4. The van der Waals surface area contributed by atoms with E-state index in [9.17, 15) is 4.79 Å². The lowest BCUT2D eigenvalue weighted by molar-refractivity contribution is -0.123. The van der Waals surface area contributed by atoms with E-state index in [4.69, 9.17) is 9.47 Å². The van der Waals surface area contributed by atoms with E-state index >= 15 is 0 Å². The van der Waals surface area contributed by atoms with Crippen LogP contribution in [-0.4, -0.2) is 62.3 Å². The zero-order valence-electron chi connectivity index (χ0n) is 17.9. The van der Waals surface area contributed by atoms with Gasteiger partial charge >= 0.3 is 0 Å². The average Bonchev–Trinajstić information content (AvgIpc) is 3.24. The molecule has 2 saturated heterocycles. The number of benzene rings is 1. The highest BCUT2D eigenvalue weighted by molar-refractivity contribution is 5.82. The molecule has 3 rings (SSSR count). The lowest BCUT2D eigenvalue weighted by atomic mass is 9.99. The van der Waals surface area contributed by atoms with Crippen molar-refractivity contribution in [3.05, 3.63) is 29.8 Å². The molecule has 7 nitrogen and oxygen atoms in total. The molecule has 2 atom stereocenters. The maximum absolute atomic E-state index is 12.4. The molecule has 0 aromatic heterocycles. The van der Waals surface area contributed by atoms with Crippen molar-refractivity contribution < 1.29 is 14.3 Å². The molecule has 2 heterocycles. The van der Waals surface area contributed by atoms with E-state index in [1.807, 2.05) is 24.3 Å². The Balaban J connectivity index is 1.39. The first-order valence-electron chi connectivity index (χ1n) is 10.8. The van der Waals surface area contributed by atoms with E-state index < -0.39 is 0 Å². The SMILES string of the molecule is CC(C)C1CC(C(=O)NCc2cccc(OCCN(C)C3CCOCC3)c2)NN1. The summed E-state index contributed by atoms with van der Waals surface area (Å²) in [7, 11) is 2.15. The fourth-order valence-electron chi connectivity index (χ4n) is 3.86. The van der Waals surface area contributed by atoms with Crippen molar-refractivity contribution >= 4 is 5.91 Å². The van der Waals surface area contributed by atoms with Crippen LogP contribution in [0.5, 0.6) is 5.75 Å². The van der Waals surface area contributed by atoms with Gasteiger partial charge in [0.05, 0.1) is 0 Å². The topological polar surface area (TPSA) is 74.9 Å². The van der Waals surface area contributed by atoms with Crippen LogP contribution in [0.1, 0.15) is 38.7 Å². The Morgan fingerprint density at radius 1 is 1.31 bits per heavy atom. The quantitative estimate of drug-likeness (QED) is 0.582. The minimum absolute atomic E-state index is 0.0325. The fraction of sp³-hybridized carbons (Fsp3) is 0.682. The van der Waals surface area contributed by atoms with Crippen LogP contribution in [0.4, 0.5) is 0 Å². The van der Waals surface area contributed by atoms with Crippen LogP contribution in [0.25, 0.3) is 0 Å². The summed E-state index contributed by atoms with van der Waals surface area (Å²) >= 11 is 0. The minimum atomic E-state index is -0.178. The normalized spacial score (nSPS) is 22.9. The molecule has 1 aromatic rings. The molecule has 0 aliphatic carbocycles. The number of nitrogens with zero attached hydrogens (tertiary/aromatic N) is 1. The molecule has 29 heavy (non-hydrogen) atoms. The molecule has 0 radical (unpaired) electrons. The third kappa shape index (κ3) is 6.67. The number of ether oxygens (including phenoxy) is 2. The number of amides is 1. The Hall–Kier alpha value is -1.67. The van der Waals surface area contributed by atoms with Gasteiger partial charge in [-0.3, -0.25) is 15.1 Å². The number of rotatable bonds is 9. The van der Waals surface area contributed by atoms with Crippen LogP contribution in [0.2, 0.25) is 0 Å². The number of hydrogen-bond acceptors (Lipinski definition) is 6. The summed E-state index contributed by atoms with van der Waals surface area (Å²) in [5.74, 6) is 1.38. The highest BCUT2D eigenvalue weighted by atomic mass is 16.5. The van der Waals surface area contributed by atoms with Gasteiger partial charge in [-0.15, -0.1) is 0 Å². The summed E-state index contributed by atoms with van der Waals surface area (Å²) in [6, 6.07) is 8.70. The summed E-state index contributed by atoms with van der Waals surface area (Å²) in [4.78, 5) is 14.8. The lowest BCUT2D eigenvalue weighted by Crippen LogP contribution is -2.43. The first kappa shape index (κ1) is 22.0. The van der Waals surface area contributed by atoms with E-state index in [2.05, 4.69) is 42.0 Å². The van der Waals surface area contributed by atoms with Crippen LogP contribution in [-0.2, 0) is 16.1 Å². The lowest BCUT2D eigenvalue weighted by Gasteiger charge is -2.31. The van der Waals surface area contributed by atoms with Crippen molar-refractivity contribution in [2.45, 2.75) is 57.8 Å². The van der Waals surface area contributed by atoms with Gasteiger partial charge in [0, 0.05) is 38.4 Å². The van der Waals surface area contributed by atoms with Crippen LogP contribution in [0.3, 0.4) is 0 Å². The van der Waals surface area contributed by atoms with Gasteiger partial charge in [0.15, 0.2) is 0 Å². The fourth-order valence-corrected chi connectivity index (χ4v) is 3.86. The van der Waals surface area contributed by atoms with Crippen molar-refractivity contribution in [3.8, 4) is 5.75 Å². The molecule has 3 N–H and O–H groups in total. The highest BCUT2D eigenvalue weighted by Gasteiger charge is 2.30. The summed E-state index contributed by atoms with van der Waals surface area (Å²) in [5, 5.41) is 3.03. The third-order valence-corrected chi connectivity index (χ3v) is 5.95. The van der Waals surface area contributed by atoms with E-state index in [0.29, 0.717) is 31.2 Å². The smallest absolute Gasteiger partial charge is 0.238 e. The number of nitrogens with one attached hydrogen (secondary N) is 3. The second-order valence-electron chi connectivity index (χ2n) is 8.47. The molecule has 2 aliphatic heterocycles. The molecule has 162 valence electrons. The zero-order chi connectivity index (χ0) is 20.6. The van der Waals surface area contributed by atoms with Crippen LogP contribution in [0.15, 0.2) is 24.3 Å². The summed E-state index contributed by atoms with van der Waals surface area (Å²) in [6.07, 6.45) is 3.00. The van der Waals surface area contributed by atoms with Crippen LogP contribution < -0.4 is 20.9 Å². The summed E-state index contributed by atoms with van der Waals surface area (Å²) in [5.41, 5.74) is 7.35. The van der Waals surface area contributed by atoms with Gasteiger partial charge in [-0.2, -0.15) is 0 Å². The number of carbonyl (C=O) groups excluding carboxylic acids is 1. The van der Waals surface area contributed by atoms with E-state index in [0.717, 1.165) is 50.3 Å². The molecule has 0 bridgehead atoms. The van der Waals surface area contributed by atoms with Crippen LogP contribution in [0, 0.1) is 5.92 Å². The van der Waals surface area contributed by atoms with Crippen molar-refractivity contribution in [3.63, 3.8) is 0 Å². The molecule has 2 fully saturated rings. The Kier molecular flexibility index (Phi) is 8.29. The largest absolute Gasteiger partial charge is 0.492 e. The minimum Gasteiger partial charge on any atom is -0.492 e. The highest BCUT2D eigenvalue weighted by Crippen LogP contribution is 2.16. The average molecular weight is 405 g/mol. The van der Waals surface area contributed by atoms with Crippen molar-refractivity contribution in [2.75, 3.05) is 33.4 Å². The van der Waals surface area contributed by atoms with Gasteiger partial charge in [0.1, 0.15) is 18.4 Å². The monoisotopic (exact) mass is 404 g/mol. The number of likely N-dealkylation sites (N-methyl/N-ethyl adjacent to an activating group) is 1. The van der Waals surface area contributed by atoms with Crippen molar-refractivity contribution in [1.82, 2.24) is 21.1 Å². The summed E-state index contributed by atoms with van der Waals surface area (Å²) in [6.45, 7) is 8.07. The van der Waals surface area contributed by atoms with Crippen molar-refractivity contribution in [2.24, 2.45) is 5.92 Å². The standard InChI is InChI=1S/C22H36N4O3/c1-16(2)20-14-21(25-24-20)22(27)23-15-17-5-4-6-19(13-17)29-12-9-26(3)18-7-10-28-11-8-18/h4-6,13,16,18,20-21,24-25H,7-12,14-15H2,1-3H3,(H,23,27).